The molecule has 0 saturated carbocycles. The SMILES string of the molecule is CCc1nn2c(=O)cc(CN[C@@H](c3ccc4c(c3)CCC4)c3cccs3)nc2s1. The number of thiophene rings is 1. The van der Waals surface area contributed by atoms with Crippen molar-refractivity contribution in [1.29, 1.82) is 0 Å². The van der Waals surface area contributed by atoms with Crippen LogP contribution in [0.25, 0.3) is 4.96 Å². The van der Waals surface area contributed by atoms with E-state index in [-0.39, 0.29) is 11.6 Å². The molecule has 3 heterocycles. The number of hydrogen-bond acceptors (Lipinski definition) is 6. The Morgan fingerprint density at radius 1 is 1.21 bits per heavy atom. The fourth-order valence-electron chi connectivity index (χ4n) is 3.95. The monoisotopic (exact) mass is 422 g/mol. The Bertz CT molecular complexity index is 1210. The number of hydrogen-bond donors (Lipinski definition) is 1. The van der Waals surface area contributed by atoms with Gasteiger partial charge in [-0.05, 0) is 53.8 Å². The second-order valence-electron chi connectivity index (χ2n) is 7.34. The van der Waals surface area contributed by atoms with Gasteiger partial charge >= 0.3 is 0 Å². The molecule has 4 aromatic rings. The van der Waals surface area contributed by atoms with Crippen LogP contribution in [0.3, 0.4) is 0 Å². The van der Waals surface area contributed by atoms with E-state index in [2.05, 4.69) is 51.1 Å². The van der Waals surface area contributed by atoms with E-state index < -0.39 is 0 Å². The quantitative estimate of drug-likeness (QED) is 0.507. The van der Waals surface area contributed by atoms with Crippen LogP contribution in [-0.2, 0) is 25.8 Å². The van der Waals surface area contributed by atoms with E-state index >= 15 is 0 Å². The van der Waals surface area contributed by atoms with E-state index in [9.17, 15) is 4.79 Å². The van der Waals surface area contributed by atoms with Crippen molar-refractivity contribution in [1.82, 2.24) is 19.9 Å². The van der Waals surface area contributed by atoms with E-state index in [4.69, 9.17) is 0 Å². The molecule has 1 atom stereocenters. The van der Waals surface area contributed by atoms with E-state index in [1.165, 1.54) is 56.7 Å². The Morgan fingerprint density at radius 3 is 2.93 bits per heavy atom. The lowest BCUT2D eigenvalue weighted by molar-refractivity contribution is 0.603. The predicted octanol–water partition coefficient (Wildman–Crippen LogP) is 4.14. The minimum Gasteiger partial charge on any atom is -0.300 e. The van der Waals surface area contributed by atoms with E-state index in [0.717, 1.165) is 17.1 Å². The van der Waals surface area contributed by atoms with Gasteiger partial charge in [-0.2, -0.15) is 9.61 Å². The molecular formula is C22H22N4OS2. The van der Waals surface area contributed by atoms with Crippen LogP contribution in [-0.4, -0.2) is 14.6 Å². The van der Waals surface area contributed by atoms with Crippen LogP contribution in [0.1, 0.15) is 51.7 Å². The lowest BCUT2D eigenvalue weighted by atomic mass is 10.00. The molecule has 1 aliphatic carbocycles. The number of rotatable bonds is 6. The summed E-state index contributed by atoms with van der Waals surface area (Å²) in [4.78, 5) is 19.0. The Kier molecular flexibility index (Phi) is 5.03. The first-order valence-corrected chi connectivity index (χ1v) is 11.7. The molecule has 7 heteroatoms. The second-order valence-corrected chi connectivity index (χ2v) is 9.36. The Labute approximate surface area is 177 Å². The minimum atomic E-state index is -0.118. The molecule has 148 valence electrons. The van der Waals surface area contributed by atoms with Crippen molar-refractivity contribution in [3.05, 3.63) is 84.4 Å². The van der Waals surface area contributed by atoms with E-state index in [0.29, 0.717) is 11.5 Å². The fraction of sp³-hybridized carbons (Fsp3) is 0.318. The highest BCUT2D eigenvalue weighted by molar-refractivity contribution is 7.16. The van der Waals surface area contributed by atoms with E-state index in [1.54, 1.807) is 17.4 Å². The van der Waals surface area contributed by atoms with Crippen molar-refractivity contribution in [2.24, 2.45) is 0 Å². The molecule has 0 fully saturated rings. The van der Waals surface area contributed by atoms with Gasteiger partial charge in [0.25, 0.3) is 5.56 Å². The highest BCUT2D eigenvalue weighted by Gasteiger charge is 2.19. The zero-order chi connectivity index (χ0) is 19.8. The lowest BCUT2D eigenvalue weighted by Gasteiger charge is -2.19. The number of aromatic nitrogens is 3. The molecular weight excluding hydrogens is 400 g/mol. The smallest absolute Gasteiger partial charge is 0.275 e. The molecule has 0 unspecified atom stereocenters. The van der Waals surface area contributed by atoms with Gasteiger partial charge in [0.1, 0.15) is 5.01 Å². The molecule has 0 bridgehead atoms. The van der Waals surface area contributed by atoms with Gasteiger partial charge in [-0.3, -0.25) is 10.1 Å². The van der Waals surface area contributed by atoms with Crippen LogP contribution >= 0.6 is 22.7 Å². The third-order valence-corrected chi connectivity index (χ3v) is 7.40. The number of fused-ring (bicyclic) bond motifs is 2. The zero-order valence-electron chi connectivity index (χ0n) is 16.2. The number of benzene rings is 1. The van der Waals surface area contributed by atoms with Gasteiger partial charge in [-0.1, -0.05) is 42.5 Å². The van der Waals surface area contributed by atoms with Crippen LogP contribution < -0.4 is 10.9 Å². The van der Waals surface area contributed by atoms with Crippen LogP contribution in [0.5, 0.6) is 0 Å². The largest absolute Gasteiger partial charge is 0.300 e. The average Bonchev–Trinajstić information content (AvgIpc) is 3.48. The van der Waals surface area contributed by atoms with Crippen molar-refractivity contribution in [2.45, 2.75) is 45.2 Å². The summed E-state index contributed by atoms with van der Waals surface area (Å²) in [6, 6.07) is 12.8. The average molecular weight is 423 g/mol. The Morgan fingerprint density at radius 2 is 2.10 bits per heavy atom. The molecule has 1 N–H and O–H groups in total. The Hall–Kier alpha value is -2.35. The maximum atomic E-state index is 12.4. The first kappa shape index (κ1) is 18.7. The predicted molar refractivity (Wildman–Crippen MR) is 118 cm³/mol. The molecule has 0 saturated heterocycles. The molecule has 5 nitrogen and oxygen atoms in total. The molecule has 0 amide bonds. The van der Waals surface area contributed by atoms with E-state index in [1.807, 2.05) is 6.92 Å². The maximum absolute atomic E-state index is 12.4. The third kappa shape index (κ3) is 3.66. The molecule has 1 aliphatic rings. The first-order chi connectivity index (χ1) is 14.2. The van der Waals surface area contributed by atoms with Crippen molar-refractivity contribution in [2.75, 3.05) is 0 Å². The molecule has 0 spiro atoms. The molecule has 1 aromatic carbocycles. The summed E-state index contributed by atoms with van der Waals surface area (Å²) in [5.74, 6) is 0. The second kappa shape index (κ2) is 7.82. The Balaban J connectivity index is 1.44. The minimum absolute atomic E-state index is 0.0915. The standard InChI is InChI=1S/C22H22N4OS2/c1-2-19-25-26-20(27)12-17(24-22(26)29-19)13-23-21(18-7-4-10-28-18)16-9-8-14-5-3-6-15(14)11-16/h4,7-12,21,23H,2-3,5-6,13H2,1H3/t21-/m0/s1. The van der Waals surface area contributed by atoms with Gasteiger partial charge in [-0.15, -0.1) is 11.3 Å². The molecule has 0 radical (unpaired) electrons. The third-order valence-electron chi connectivity index (χ3n) is 5.41. The van der Waals surface area contributed by atoms with Crippen molar-refractivity contribution < 1.29 is 0 Å². The van der Waals surface area contributed by atoms with Gasteiger partial charge in [-0.25, -0.2) is 4.98 Å². The number of nitrogens with one attached hydrogen (secondary N) is 1. The summed E-state index contributed by atoms with van der Waals surface area (Å²) in [5.41, 5.74) is 4.87. The fourth-order valence-corrected chi connectivity index (χ4v) is 5.63. The summed E-state index contributed by atoms with van der Waals surface area (Å²) in [6.07, 6.45) is 4.41. The highest BCUT2D eigenvalue weighted by Crippen LogP contribution is 2.30. The van der Waals surface area contributed by atoms with Gasteiger partial charge in [0.05, 0.1) is 11.7 Å². The van der Waals surface area contributed by atoms with Gasteiger partial charge < -0.3 is 0 Å². The summed E-state index contributed by atoms with van der Waals surface area (Å²) in [7, 11) is 0. The highest BCUT2D eigenvalue weighted by atomic mass is 32.1. The van der Waals surface area contributed by atoms with Crippen LogP contribution in [0.15, 0.2) is 46.6 Å². The molecule has 5 rings (SSSR count). The summed E-state index contributed by atoms with van der Waals surface area (Å²) >= 11 is 3.23. The van der Waals surface area contributed by atoms with Crippen molar-refractivity contribution >= 4 is 27.6 Å². The van der Waals surface area contributed by atoms with Gasteiger partial charge in [0.2, 0.25) is 4.96 Å². The van der Waals surface area contributed by atoms with Crippen molar-refractivity contribution in [3.8, 4) is 0 Å². The number of nitrogens with zero attached hydrogens (tertiary/aromatic N) is 3. The molecule has 0 aliphatic heterocycles. The van der Waals surface area contributed by atoms with Crippen LogP contribution in [0.4, 0.5) is 0 Å². The maximum Gasteiger partial charge on any atom is 0.275 e. The normalized spacial score (nSPS) is 14.4. The number of aryl methyl sites for hydroxylation is 3. The van der Waals surface area contributed by atoms with Gasteiger partial charge in [0, 0.05) is 17.5 Å². The lowest BCUT2D eigenvalue weighted by Crippen LogP contribution is -2.24. The topological polar surface area (TPSA) is 59.3 Å². The molecule has 29 heavy (non-hydrogen) atoms. The van der Waals surface area contributed by atoms with Crippen LogP contribution in [0.2, 0.25) is 0 Å². The molecule has 3 aromatic heterocycles. The van der Waals surface area contributed by atoms with Gasteiger partial charge in [0.15, 0.2) is 0 Å². The van der Waals surface area contributed by atoms with Crippen LogP contribution in [0, 0.1) is 0 Å². The van der Waals surface area contributed by atoms with Crippen molar-refractivity contribution in [3.63, 3.8) is 0 Å². The zero-order valence-corrected chi connectivity index (χ0v) is 17.9. The summed E-state index contributed by atoms with van der Waals surface area (Å²) in [5, 5.41) is 11.0. The summed E-state index contributed by atoms with van der Waals surface area (Å²) < 4.78 is 1.41. The first-order valence-electron chi connectivity index (χ1n) is 9.98. The summed E-state index contributed by atoms with van der Waals surface area (Å²) in [6.45, 7) is 2.57.